The van der Waals surface area contributed by atoms with E-state index in [2.05, 4.69) is 10.6 Å². The first-order valence-electron chi connectivity index (χ1n) is 5.63. The van der Waals surface area contributed by atoms with Gasteiger partial charge in [0.1, 0.15) is 0 Å². The van der Waals surface area contributed by atoms with E-state index in [1.165, 1.54) is 19.2 Å². The number of nitrogens with two attached hydrogens (primary N) is 1. The Bertz CT molecular complexity index is 466. The summed E-state index contributed by atoms with van der Waals surface area (Å²) in [6.07, 6.45) is 0. The Labute approximate surface area is 116 Å². The fraction of sp³-hybridized carbons (Fsp3) is 0.333. The number of hydrogen-bond acceptors (Lipinski definition) is 4. The lowest BCUT2D eigenvalue weighted by Gasteiger charge is -2.08. The highest BCUT2D eigenvalue weighted by Gasteiger charge is 2.11. The van der Waals surface area contributed by atoms with E-state index < -0.39 is 5.91 Å². The number of carbonyl (C=O) groups excluding carboxylic acids is 2. The SMILES string of the molecule is COCCNC(=O)CNC(=O)c1ccc(Cl)cc1N. The number of ether oxygens (including phenoxy) is 1. The van der Waals surface area contributed by atoms with Gasteiger partial charge in [-0.15, -0.1) is 0 Å². The Kier molecular flexibility index (Phi) is 6.11. The number of methoxy groups -OCH3 is 1. The number of nitrogens with one attached hydrogen (secondary N) is 2. The van der Waals surface area contributed by atoms with Gasteiger partial charge in [0.15, 0.2) is 0 Å². The number of carbonyl (C=O) groups is 2. The molecule has 4 N–H and O–H groups in total. The van der Waals surface area contributed by atoms with Crippen LogP contribution in [0, 0.1) is 0 Å². The summed E-state index contributed by atoms with van der Waals surface area (Å²) in [4.78, 5) is 23.1. The topological polar surface area (TPSA) is 93.5 Å². The number of rotatable bonds is 6. The summed E-state index contributed by atoms with van der Waals surface area (Å²) in [7, 11) is 1.54. The van der Waals surface area contributed by atoms with E-state index in [0.29, 0.717) is 18.2 Å². The van der Waals surface area contributed by atoms with Crippen LogP contribution in [-0.4, -0.2) is 38.6 Å². The van der Waals surface area contributed by atoms with E-state index in [-0.39, 0.29) is 23.7 Å². The molecule has 0 aliphatic heterocycles. The average molecular weight is 286 g/mol. The van der Waals surface area contributed by atoms with Gasteiger partial charge in [-0.05, 0) is 18.2 Å². The fourth-order valence-corrected chi connectivity index (χ4v) is 1.53. The molecule has 0 saturated carbocycles. The van der Waals surface area contributed by atoms with Crippen molar-refractivity contribution in [2.75, 3.05) is 32.5 Å². The number of hydrogen-bond donors (Lipinski definition) is 3. The molecule has 0 atom stereocenters. The van der Waals surface area contributed by atoms with Gasteiger partial charge in [0.2, 0.25) is 5.91 Å². The molecule has 1 aromatic carbocycles. The number of halogens is 1. The first kappa shape index (κ1) is 15.3. The molecule has 7 heteroatoms. The Balaban J connectivity index is 2.45. The normalized spacial score (nSPS) is 10.0. The predicted octanol–water partition coefficient (Wildman–Crippen LogP) is 0.415. The van der Waals surface area contributed by atoms with Gasteiger partial charge >= 0.3 is 0 Å². The maximum atomic E-state index is 11.8. The van der Waals surface area contributed by atoms with Crippen LogP contribution in [0.5, 0.6) is 0 Å². The molecule has 104 valence electrons. The summed E-state index contributed by atoms with van der Waals surface area (Å²) in [5.41, 5.74) is 6.22. The molecule has 1 rings (SSSR count). The molecule has 1 aromatic rings. The monoisotopic (exact) mass is 285 g/mol. The van der Waals surface area contributed by atoms with Gasteiger partial charge in [0, 0.05) is 24.4 Å². The first-order valence-corrected chi connectivity index (χ1v) is 6.01. The lowest BCUT2D eigenvalue weighted by atomic mass is 10.1. The van der Waals surface area contributed by atoms with E-state index >= 15 is 0 Å². The number of benzene rings is 1. The second-order valence-electron chi connectivity index (χ2n) is 3.76. The van der Waals surface area contributed by atoms with E-state index in [0.717, 1.165) is 0 Å². The minimum Gasteiger partial charge on any atom is -0.398 e. The van der Waals surface area contributed by atoms with Gasteiger partial charge in [-0.1, -0.05) is 11.6 Å². The van der Waals surface area contributed by atoms with Crippen LogP contribution in [-0.2, 0) is 9.53 Å². The molecule has 0 fully saturated rings. The van der Waals surface area contributed by atoms with Crippen molar-refractivity contribution in [2.24, 2.45) is 0 Å². The summed E-state index contributed by atoms with van der Waals surface area (Å²) < 4.78 is 4.78. The zero-order valence-corrected chi connectivity index (χ0v) is 11.3. The zero-order valence-electron chi connectivity index (χ0n) is 10.5. The Morgan fingerprint density at radius 3 is 2.74 bits per heavy atom. The molecule has 0 aliphatic rings. The van der Waals surface area contributed by atoms with E-state index in [4.69, 9.17) is 22.1 Å². The van der Waals surface area contributed by atoms with Crippen molar-refractivity contribution in [3.05, 3.63) is 28.8 Å². The minimum absolute atomic E-state index is 0.120. The van der Waals surface area contributed by atoms with E-state index in [1.807, 2.05) is 0 Å². The highest BCUT2D eigenvalue weighted by molar-refractivity contribution is 6.31. The molecule has 0 spiro atoms. The van der Waals surface area contributed by atoms with Gasteiger partial charge in [0.05, 0.1) is 18.7 Å². The van der Waals surface area contributed by atoms with E-state index in [1.54, 1.807) is 6.07 Å². The van der Waals surface area contributed by atoms with Crippen molar-refractivity contribution in [1.29, 1.82) is 0 Å². The van der Waals surface area contributed by atoms with Crippen molar-refractivity contribution in [1.82, 2.24) is 10.6 Å². The molecule has 0 bridgehead atoms. The average Bonchev–Trinajstić information content (AvgIpc) is 2.36. The largest absolute Gasteiger partial charge is 0.398 e. The number of nitrogen functional groups attached to an aromatic ring is 1. The predicted molar refractivity (Wildman–Crippen MR) is 73.1 cm³/mol. The van der Waals surface area contributed by atoms with Crippen LogP contribution in [0.25, 0.3) is 0 Å². The third-order valence-corrected chi connectivity index (χ3v) is 2.53. The third-order valence-electron chi connectivity index (χ3n) is 2.30. The Hall–Kier alpha value is -1.79. The maximum absolute atomic E-state index is 11.8. The van der Waals surface area contributed by atoms with Gasteiger partial charge < -0.3 is 21.1 Å². The van der Waals surface area contributed by atoms with E-state index in [9.17, 15) is 9.59 Å². The van der Waals surface area contributed by atoms with Crippen molar-refractivity contribution >= 4 is 29.1 Å². The van der Waals surface area contributed by atoms with Crippen LogP contribution in [0.3, 0.4) is 0 Å². The van der Waals surface area contributed by atoms with Crippen LogP contribution >= 0.6 is 11.6 Å². The highest BCUT2D eigenvalue weighted by Crippen LogP contribution is 2.17. The molecule has 6 nitrogen and oxygen atoms in total. The van der Waals surface area contributed by atoms with Crippen molar-refractivity contribution in [3.8, 4) is 0 Å². The van der Waals surface area contributed by atoms with Crippen LogP contribution in [0.1, 0.15) is 10.4 Å². The minimum atomic E-state index is -0.420. The second-order valence-corrected chi connectivity index (χ2v) is 4.19. The molecular weight excluding hydrogens is 270 g/mol. The second kappa shape index (κ2) is 7.60. The molecule has 2 amide bonds. The molecule has 0 saturated heterocycles. The molecule has 0 aliphatic carbocycles. The van der Waals surface area contributed by atoms with Gasteiger partial charge in [-0.25, -0.2) is 0 Å². The lowest BCUT2D eigenvalue weighted by Crippen LogP contribution is -2.38. The summed E-state index contributed by atoms with van der Waals surface area (Å²) in [6.45, 7) is 0.697. The zero-order chi connectivity index (χ0) is 14.3. The summed E-state index contributed by atoms with van der Waals surface area (Å²) in [5, 5.41) is 5.50. The lowest BCUT2D eigenvalue weighted by molar-refractivity contribution is -0.120. The highest BCUT2D eigenvalue weighted by atomic mass is 35.5. The smallest absolute Gasteiger partial charge is 0.253 e. The molecule has 19 heavy (non-hydrogen) atoms. The summed E-state index contributed by atoms with van der Waals surface area (Å²) in [6, 6.07) is 4.55. The van der Waals surface area contributed by atoms with Gasteiger partial charge in [-0.2, -0.15) is 0 Å². The fourth-order valence-electron chi connectivity index (χ4n) is 1.35. The molecule has 0 radical (unpaired) electrons. The van der Waals surface area contributed by atoms with Gasteiger partial charge in [0.25, 0.3) is 5.91 Å². The molecule has 0 unspecified atom stereocenters. The third kappa shape index (κ3) is 5.15. The van der Waals surface area contributed by atoms with Crippen LogP contribution in [0.4, 0.5) is 5.69 Å². The number of anilines is 1. The first-order chi connectivity index (χ1) is 9.04. The van der Waals surface area contributed by atoms with Crippen molar-refractivity contribution < 1.29 is 14.3 Å². The molecule has 0 aromatic heterocycles. The standard InChI is InChI=1S/C12H16ClN3O3/c1-19-5-4-15-11(17)7-16-12(18)9-3-2-8(13)6-10(9)14/h2-3,6H,4-5,7,14H2,1H3,(H,15,17)(H,16,18). The number of amides is 2. The molecular formula is C12H16ClN3O3. The maximum Gasteiger partial charge on any atom is 0.253 e. The quantitative estimate of drug-likeness (QED) is 0.521. The van der Waals surface area contributed by atoms with Crippen LogP contribution in [0.15, 0.2) is 18.2 Å². The van der Waals surface area contributed by atoms with Gasteiger partial charge in [-0.3, -0.25) is 9.59 Å². The Morgan fingerprint density at radius 2 is 2.11 bits per heavy atom. The van der Waals surface area contributed by atoms with Crippen molar-refractivity contribution in [3.63, 3.8) is 0 Å². The van der Waals surface area contributed by atoms with Crippen molar-refractivity contribution in [2.45, 2.75) is 0 Å². The summed E-state index contributed by atoms with van der Waals surface area (Å²) >= 11 is 5.73. The molecule has 0 heterocycles. The summed E-state index contributed by atoms with van der Waals surface area (Å²) in [5.74, 6) is -0.714. The Morgan fingerprint density at radius 1 is 1.37 bits per heavy atom. The van der Waals surface area contributed by atoms with Crippen LogP contribution < -0.4 is 16.4 Å². The van der Waals surface area contributed by atoms with Crippen LogP contribution in [0.2, 0.25) is 5.02 Å².